The summed E-state index contributed by atoms with van der Waals surface area (Å²) in [6.45, 7) is 4.62. The molecule has 8 nitrogen and oxygen atoms in total. The van der Waals surface area contributed by atoms with E-state index in [0.29, 0.717) is 30.0 Å². The largest absolute Gasteiger partial charge is 0.496 e. The van der Waals surface area contributed by atoms with E-state index in [9.17, 15) is 18.8 Å². The SMILES string of the molecule is C/C=C\C(=C/c1ncc(-c2cc(OC)c(C(=O)NCCC(CCC)OC)c(OC(F)F)c2)[nH]1)C(C)(C)C#N. The Balaban J connectivity index is 2.43. The van der Waals surface area contributed by atoms with Crippen LogP contribution in [0.4, 0.5) is 8.78 Å². The molecule has 1 aromatic carbocycles. The number of nitriles is 1. The fourth-order valence-corrected chi connectivity index (χ4v) is 3.84. The van der Waals surface area contributed by atoms with E-state index in [1.54, 1.807) is 33.1 Å². The summed E-state index contributed by atoms with van der Waals surface area (Å²) < 4.78 is 42.2. The van der Waals surface area contributed by atoms with Crippen LogP contribution in [0.3, 0.4) is 0 Å². The number of methoxy groups -OCH3 is 2. The fourth-order valence-electron chi connectivity index (χ4n) is 3.84. The molecule has 2 rings (SSSR count). The van der Waals surface area contributed by atoms with Crippen molar-refractivity contribution in [2.75, 3.05) is 20.8 Å². The van der Waals surface area contributed by atoms with Gasteiger partial charge in [-0.3, -0.25) is 4.79 Å². The van der Waals surface area contributed by atoms with Gasteiger partial charge in [0.1, 0.15) is 22.9 Å². The van der Waals surface area contributed by atoms with Crippen molar-refractivity contribution in [2.45, 2.75) is 59.7 Å². The number of carbonyl (C=O) groups excluding carboxylic acids is 1. The van der Waals surface area contributed by atoms with Crippen molar-refractivity contribution in [2.24, 2.45) is 5.41 Å². The first-order valence-electron chi connectivity index (χ1n) is 12.4. The molecule has 0 spiro atoms. The van der Waals surface area contributed by atoms with Crippen LogP contribution >= 0.6 is 0 Å². The van der Waals surface area contributed by atoms with Crippen LogP contribution in [0, 0.1) is 16.7 Å². The lowest BCUT2D eigenvalue weighted by Crippen LogP contribution is -2.28. The number of rotatable bonds is 14. The summed E-state index contributed by atoms with van der Waals surface area (Å²) in [5.74, 6) is -0.387. The van der Waals surface area contributed by atoms with Gasteiger partial charge in [0, 0.05) is 19.2 Å². The molecule has 0 bridgehead atoms. The summed E-state index contributed by atoms with van der Waals surface area (Å²) in [6, 6.07) is 5.15. The molecule has 0 saturated heterocycles. The predicted molar refractivity (Wildman–Crippen MR) is 142 cm³/mol. The van der Waals surface area contributed by atoms with Crippen molar-refractivity contribution in [3.63, 3.8) is 0 Å². The van der Waals surface area contributed by atoms with E-state index in [4.69, 9.17) is 14.2 Å². The topological polar surface area (TPSA) is 109 Å². The number of halogens is 2. The molecule has 2 N–H and O–H groups in total. The van der Waals surface area contributed by atoms with Gasteiger partial charge < -0.3 is 24.5 Å². The van der Waals surface area contributed by atoms with Crippen molar-refractivity contribution in [1.29, 1.82) is 5.26 Å². The number of nitrogens with zero attached hydrogens (tertiary/aromatic N) is 2. The minimum absolute atomic E-state index is 0.0166. The van der Waals surface area contributed by atoms with Gasteiger partial charge in [0.2, 0.25) is 0 Å². The Kier molecular flexibility index (Phi) is 11.5. The molecular weight excluding hydrogens is 494 g/mol. The van der Waals surface area contributed by atoms with Gasteiger partial charge in [-0.15, -0.1) is 0 Å². The van der Waals surface area contributed by atoms with Gasteiger partial charge in [0.05, 0.1) is 36.6 Å². The monoisotopic (exact) mass is 530 g/mol. The molecule has 0 radical (unpaired) electrons. The quantitative estimate of drug-likeness (QED) is 0.284. The number of hydrogen-bond donors (Lipinski definition) is 2. The summed E-state index contributed by atoms with van der Waals surface area (Å²) in [4.78, 5) is 20.5. The van der Waals surface area contributed by atoms with E-state index < -0.39 is 17.9 Å². The number of benzene rings is 1. The van der Waals surface area contributed by atoms with Gasteiger partial charge in [-0.1, -0.05) is 25.5 Å². The lowest BCUT2D eigenvalue weighted by molar-refractivity contribution is -0.0502. The third-order valence-corrected chi connectivity index (χ3v) is 5.97. The summed E-state index contributed by atoms with van der Waals surface area (Å²) >= 11 is 0. The Bertz CT molecular complexity index is 1180. The van der Waals surface area contributed by atoms with E-state index in [1.807, 2.05) is 26.0 Å². The van der Waals surface area contributed by atoms with Gasteiger partial charge in [0.25, 0.3) is 5.91 Å². The first-order chi connectivity index (χ1) is 18.1. The molecule has 1 amide bonds. The maximum atomic E-state index is 13.3. The second-order valence-corrected chi connectivity index (χ2v) is 9.14. The predicted octanol–water partition coefficient (Wildman–Crippen LogP) is 6.13. The normalized spacial score (nSPS) is 13.0. The molecule has 0 saturated carbocycles. The summed E-state index contributed by atoms with van der Waals surface area (Å²) in [5, 5.41) is 12.3. The van der Waals surface area contributed by atoms with Crippen LogP contribution in [0.1, 0.15) is 63.1 Å². The van der Waals surface area contributed by atoms with Crippen LogP contribution in [0.2, 0.25) is 0 Å². The van der Waals surface area contributed by atoms with Crippen LogP contribution in [0.25, 0.3) is 17.3 Å². The molecule has 38 heavy (non-hydrogen) atoms. The van der Waals surface area contributed by atoms with Crippen LogP contribution < -0.4 is 14.8 Å². The zero-order valence-corrected chi connectivity index (χ0v) is 22.7. The highest BCUT2D eigenvalue weighted by atomic mass is 19.3. The molecular formula is C28H36F2N4O4. The number of imidazole rings is 1. The summed E-state index contributed by atoms with van der Waals surface area (Å²) in [6.07, 6.45) is 9.26. The highest BCUT2D eigenvalue weighted by Crippen LogP contribution is 2.36. The third kappa shape index (κ3) is 8.15. The van der Waals surface area contributed by atoms with Crippen molar-refractivity contribution in [3.05, 3.63) is 47.4 Å². The Morgan fingerprint density at radius 3 is 2.55 bits per heavy atom. The fraction of sp³-hybridized carbons (Fsp3) is 0.464. The minimum atomic E-state index is -3.15. The number of H-pyrrole nitrogens is 1. The number of alkyl halides is 2. The van der Waals surface area contributed by atoms with Crippen molar-refractivity contribution in [3.8, 4) is 28.8 Å². The standard InChI is InChI=1S/C28H36F2N4O4/c1-7-9-19(28(3,4)17-31)15-24-33-16-21(34-24)18-13-22(37-6)25(23(14-18)38-27(29)30)26(35)32-12-11-20(36-5)10-8-2/h7,9,13-16,20,27H,8,10-12H2,1-6H3,(H,32,35)(H,33,34)/b9-7-,19-15+. The molecule has 1 unspecified atom stereocenters. The summed E-state index contributed by atoms with van der Waals surface area (Å²) in [5.41, 5.74) is 0.764. The molecule has 0 aliphatic rings. The Labute approximate surface area is 222 Å². The Hall–Kier alpha value is -3.71. The first kappa shape index (κ1) is 30.5. The molecule has 1 heterocycles. The maximum absolute atomic E-state index is 13.3. The molecule has 0 aliphatic heterocycles. The highest BCUT2D eigenvalue weighted by Gasteiger charge is 2.24. The van der Waals surface area contributed by atoms with Gasteiger partial charge in [-0.25, -0.2) is 4.98 Å². The van der Waals surface area contributed by atoms with E-state index >= 15 is 0 Å². The summed E-state index contributed by atoms with van der Waals surface area (Å²) in [7, 11) is 2.96. The van der Waals surface area contributed by atoms with Gasteiger partial charge in [-0.2, -0.15) is 14.0 Å². The number of aromatic amines is 1. The van der Waals surface area contributed by atoms with Crippen LogP contribution in [-0.2, 0) is 4.74 Å². The minimum Gasteiger partial charge on any atom is -0.496 e. The van der Waals surface area contributed by atoms with E-state index in [2.05, 4.69) is 21.4 Å². The van der Waals surface area contributed by atoms with Crippen molar-refractivity contribution < 1.29 is 27.8 Å². The number of amides is 1. The zero-order chi connectivity index (χ0) is 28.3. The van der Waals surface area contributed by atoms with E-state index in [1.165, 1.54) is 19.4 Å². The van der Waals surface area contributed by atoms with Crippen LogP contribution in [0.15, 0.2) is 36.1 Å². The second kappa shape index (κ2) is 14.3. The Morgan fingerprint density at radius 2 is 1.97 bits per heavy atom. The lowest BCUT2D eigenvalue weighted by atomic mass is 9.85. The smallest absolute Gasteiger partial charge is 0.387 e. The maximum Gasteiger partial charge on any atom is 0.387 e. The molecule has 0 fully saturated rings. The number of hydrogen-bond acceptors (Lipinski definition) is 6. The molecule has 2 aromatic rings. The van der Waals surface area contributed by atoms with Gasteiger partial charge >= 0.3 is 6.61 Å². The third-order valence-electron chi connectivity index (χ3n) is 5.97. The average molecular weight is 531 g/mol. The molecule has 1 atom stereocenters. The molecule has 10 heteroatoms. The molecule has 1 aromatic heterocycles. The first-order valence-corrected chi connectivity index (χ1v) is 12.4. The van der Waals surface area contributed by atoms with Crippen LogP contribution in [0.5, 0.6) is 11.5 Å². The molecule has 206 valence electrons. The Morgan fingerprint density at radius 1 is 1.26 bits per heavy atom. The second-order valence-electron chi connectivity index (χ2n) is 9.14. The van der Waals surface area contributed by atoms with Crippen LogP contribution in [-0.4, -0.2) is 49.4 Å². The number of ether oxygens (including phenoxy) is 3. The number of allylic oxidation sites excluding steroid dienone is 3. The molecule has 0 aliphatic carbocycles. The highest BCUT2D eigenvalue weighted by molar-refractivity contribution is 6.00. The van der Waals surface area contributed by atoms with Gasteiger partial charge in [-0.05, 0) is 57.4 Å². The number of nitrogens with one attached hydrogen (secondary N) is 2. The lowest BCUT2D eigenvalue weighted by Gasteiger charge is -2.18. The van der Waals surface area contributed by atoms with E-state index in [-0.39, 0.29) is 23.2 Å². The number of carbonyl (C=O) groups is 1. The van der Waals surface area contributed by atoms with Gasteiger partial charge in [0.15, 0.2) is 0 Å². The zero-order valence-electron chi connectivity index (χ0n) is 22.7. The van der Waals surface area contributed by atoms with Crippen molar-refractivity contribution in [1.82, 2.24) is 15.3 Å². The number of aromatic nitrogens is 2. The van der Waals surface area contributed by atoms with Crippen molar-refractivity contribution >= 4 is 12.0 Å². The van der Waals surface area contributed by atoms with E-state index in [0.717, 1.165) is 18.4 Å². The average Bonchev–Trinajstić information content (AvgIpc) is 3.35.